The number of carbonyl (C=O) groups excluding carboxylic acids is 1. The summed E-state index contributed by atoms with van der Waals surface area (Å²) >= 11 is 0. The quantitative estimate of drug-likeness (QED) is 0.921. The van der Waals surface area contributed by atoms with Gasteiger partial charge in [0.1, 0.15) is 12.1 Å². The van der Waals surface area contributed by atoms with Gasteiger partial charge in [-0.2, -0.15) is 5.10 Å². The molecule has 1 aliphatic heterocycles. The van der Waals surface area contributed by atoms with Crippen LogP contribution in [0.25, 0.3) is 11.0 Å². The van der Waals surface area contributed by atoms with Crippen molar-refractivity contribution in [2.45, 2.75) is 26.7 Å². The van der Waals surface area contributed by atoms with E-state index in [1.54, 1.807) is 17.2 Å². The Balaban J connectivity index is 1.76. The van der Waals surface area contributed by atoms with Gasteiger partial charge in [-0.05, 0) is 18.8 Å². The predicted molar refractivity (Wildman–Crippen MR) is 89.1 cm³/mol. The Morgan fingerprint density at radius 2 is 2.26 bits per heavy atom. The topological polar surface area (TPSA) is 75.9 Å². The summed E-state index contributed by atoms with van der Waals surface area (Å²) in [5.74, 6) is 1.52. The minimum Gasteiger partial charge on any atom is -0.356 e. The van der Waals surface area contributed by atoms with E-state index in [1.807, 2.05) is 7.05 Å². The number of aryl methyl sites for hydroxylation is 1. The van der Waals surface area contributed by atoms with Gasteiger partial charge in [0.25, 0.3) is 0 Å². The first-order valence-electron chi connectivity index (χ1n) is 8.21. The normalized spacial score (nSPS) is 18.6. The second kappa shape index (κ2) is 6.52. The zero-order chi connectivity index (χ0) is 16.4. The zero-order valence-corrected chi connectivity index (χ0v) is 14.0. The van der Waals surface area contributed by atoms with Crippen LogP contribution in [-0.4, -0.2) is 45.3 Å². The molecule has 3 heterocycles. The van der Waals surface area contributed by atoms with Crippen molar-refractivity contribution in [3.05, 3.63) is 12.5 Å². The molecular weight excluding hydrogens is 292 g/mol. The van der Waals surface area contributed by atoms with Gasteiger partial charge in [-0.15, -0.1) is 0 Å². The van der Waals surface area contributed by atoms with Gasteiger partial charge in [-0.25, -0.2) is 9.97 Å². The fourth-order valence-corrected chi connectivity index (χ4v) is 3.03. The van der Waals surface area contributed by atoms with Crippen molar-refractivity contribution in [2.75, 3.05) is 24.5 Å². The second-order valence-electron chi connectivity index (χ2n) is 6.63. The number of hydrogen-bond acceptors (Lipinski definition) is 5. The summed E-state index contributed by atoms with van der Waals surface area (Å²) in [6.45, 7) is 6.55. The highest BCUT2D eigenvalue weighted by Gasteiger charge is 2.27. The molecule has 0 aliphatic carbocycles. The Labute approximate surface area is 136 Å². The van der Waals surface area contributed by atoms with Crippen molar-refractivity contribution in [3.63, 3.8) is 0 Å². The molecule has 0 aromatic carbocycles. The molecule has 0 bridgehead atoms. The first-order valence-corrected chi connectivity index (χ1v) is 8.21. The second-order valence-corrected chi connectivity index (χ2v) is 6.63. The fourth-order valence-electron chi connectivity index (χ4n) is 3.03. The van der Waals surface area contributed by atoms with Gasteiger partial charge in [0.05, 0.1) is 17.5 Å². The summed E-state index contributed by atoms with van der Waals surface area (Å²) in [5, 5.41) is 8.26. The Morgan fingerprint density at radius 1 is 1.43 bits per heavy atom. The molecule has 124 valence electrons. The van der Waals surface area contributed by atoms with Crippen LogP contribution in [0.3, 0.4) is 0 Å². The number of anilines is 1. The van der Waals surface area contributed by atoms with E-state index in [1.165, 1.54) is 0 Å². The van der Waals surface area contributed by atoms with Crippen LogP contribution in [0, 0.1) is 11.8 Å². The highest BCUT2D eigenvalue weighted by atomic mass is 16.1. The first kappa shape index (κ1) is 15.7. The minimum absolute atomic E-state index is 0.0178. The smallest absolute Gasteiger partial charge is 0.224 e. The highest BCUT2D eigenvalue weighted by molar-refractivity contribution is 5.87. The fraction of sp³-hybridized carbons (Fsp3) is 0.625. The molecule has 7 heteroatoms. The molecule has 3 rings (SSSR count). The average molecular weight is 316 g/mol. The summed E-state index contributed by atoms with van der Waals surface area (Å²) in [7, 11) is 1.87. The van der Waals surface area contributed by atoms with E-state index in [-0.39, 0.29) is 11.8 Å². The molecule has 1 atom stereocenters. The highest BCUT2D eigenvalue weighted by Crippen LogP contribution is 2.27. The molecule has 2 aromatic rings. The van der Waals surface area contributed by atoms with Gasteiger partial charge in [-0.3, -0.25) is 9.48 Å². The van der Waals surface area contributed by atoms with E-state index in [4.69, 9.17) is 0 Å². The number of fused-ring (bicyclic) bond motifs is 1. The van der Waals surface area contributed by atoms with E-state index in [9.17, 15) is 4.79 Å². The van der Waals surface area contributed by atoms with Crippen molar-refractivity contribution in [3.8, 4) is 0 Å². The van der Waals surface area contributed by atoms with E-state index in [0.29, 0.717) is 12.5 Å². The summed E-state index contributed by atoms with van der Waals surface area (Å²) < 4.78 is 1.75. The van der Waals surface area contributed by atoms with Gasteiger partial charge < -0.3 is 10.2 Å². The van der Waals surface area contributed by atoms with Crippen molar-refractivity contribution in [2.24, 2.45) is 18.9 Å². The Kier molecular flexibility index (Phi) is 4.45. The molecule has 7 nitrogen and oxygen atoms in total. The molecule has 1 fully saturated rings. The Morgan fingerprint density at radius 3 is 3.04 bits per heavy atom. The number of nitrogens with zero attached hydrogens (tertiary/aromatic N) is 5. The number of carbonyl (C=O) groups is 1. The van der Waals surface area contributed by atoms with Gasteiger partial charge in [0.15, 0.2) is 5.65 Å². The first-order chi connectivity index (χ1) is 11.1. The van der Waals surface area contributed by atoms with Crippen LogP contribution in [0.4, 0.5) is 5.82 Å². The predicted octanol–water partition coefficient (Wildman–Crippen LogP) is 1.35. The van der Waals surface area contributed by atoms with Gasteiger partial charge in [0, 0.05) is 26.7 Å². The van der Waals surface area contributed by atoms with Crippen LogP contribution in [0.5, 0.6) is 0 Å². The van der Waals surface area contributed by atoms with Gasteiger partial charge >= 0.3 is 0 Å². The lowest BCUT2D eigenvalue weighted by Crippen LogP contribution is -2.44. The molecular formula is C16H24N6O. The summed E-state index contributed by atoms with van der Waals surface area (Å²) in [6.07, 6.45) is 5.29. The molecule has 0 saturated carbocycles. The van der Waals surface area contributed by atoms with Gasteiger partial charge in [-0.1, -0.05) is 13.8 Å². The zero-order valence-electron chi connectivity index (χ0n) is 14.0. The van der Waals surface area contributed by atoms with E-state index < -0.39 is 0 Å². The number of rotatable bonds is 4. The van der Waals surface area contributed by atoms with E-state index >= 15 is 0 Å². The van der Waals surface area contributed by atoms with Crippen LogP contribution < -0.4 is 10.2 Å². The van der Waals surface area contributed by atoms with Crippen molar-refractivity contribution in [1.82, 2.24) is 25.1 Å². The Bertz CT molecular complexity index is 695. The van der Waals surface area contributed by atoms with E-state index in [2.05, 4.69) is 39.1 Å². The molecule has 0 radical (unpaired) electrons. The summed E-state index contributed by atoms with van der Waals surface area (Å²) in [6, 6.07) is 0. The number of amides is 1. The van der Waals surface area contributed by atoms with Crippen LogP contribution >= 0.6 is 0 Å². The van der Waals surface area contributed by atoms with Crippen molar-refractivity contribution < 1.29 is 4.79 Å². The lowest BCUT2D eigenvalue weighted by molar-refractivity contribution is -0.125. The average Bonchev–Trinajstić information content (AvgIpc) is 2.94. The molecule has 0 unspecified atom stereocenters. The van der Waals surface area contributed by atoms with E-state index in [0.717, 1.165) is 42.8 Å². The maximum Gasteiger partial charge on any atom is 0.224 e. The van der Waals surface area contributed by atoms with Crippen LogP contribution in [-0.2, 0) is 11.8 Å². The van der Waals surface area contributed by atoms with Crippen molar-refractivity contribution >= 4 is 22.8 Å². The van der Waals surface area contributed by atoms with Gasteiger partial charge in [0.2, 0.25) is 5.91 Å². The standard InChI is InChI=1S/C16H24N6O/c1-11(2)7-17-16(23)12-5-4-6-22(9-12)15-13-8-20-21(3)14(13)18-10-19-15/h8,10-12H,4-7,9H2,1-3H3,(H,17,23)/t12-/m0/s1. The molecule has 1 amide bonds. The van der Waals surface area contributed by atoms with Crippen LogP contribution in [0.15, 0.2) is 12.5 Å². The monoisotopic (exact) mass is 316 g/mol. The third-order valence-corrected chi connectivity index (χ3v) is 4.28. The molecule has 1 aliphatic rings. The molecule has 1 saturated heterocycles. The number of piperidine rings is 1. The number of nitrogens with one attached hydrogen (secondary N) is 1. The van der Waals surface area contributed by atoms with Crippen LogP contribution in [0.2, 0.25) is 0 Å². The largest absolute Gasteiger partial charge is 0.356 e. The third-order valence-electron chi connectivity index (χ3n) is 4.28. The Hall–Kier alpha value is -2.18. The molecule has 2 aromatic heterocycles. The molecule has 0 spiro atoms. The summed E-state index contributed by atoms with van der Waals surface area (Å²) in [4.78, 5) is 23.3. The number of hydrogen-bond donors (Lipinski definition) is 1. The third kappa shape index (κ3) is 3.28. The minimum atomic E-state index is 0.0178. The lowest BCUT2D eigenvalue weighted by atomic mass is 9.96. The summed E-state index contributed by atoms with van der Waals surface area (Å²) in [5.41, 5.74) is 0.821. The maximum absolute atomic E-state index is 12.4. The maximum atomic E-state index is 12.4. The van der Waals surface area contributed by atoms with Crippen molar-refractivity contribution in [1.29, 1.82) is 0 Å². The lowest BCUT2D eigenvalue weighted by Gasteiger charge is -2.33. The van der Waals surface area contributed by atoms with Crippen LogP contribution in [0.1, 0.15) is 26.7 Å². The number of aromatic nitrogens is 4. The molecule has 1 N–H and O–H groups in total. The SMILES string of the molecule is CC(C)CNC(=O)[C@H]1CCCN(c2ncnc3c2cnn3C)C1. The molecule has 23 heavy (non-hydrogen) atoms.